The molecule has 0 bridgehead atoms. The average molecular weight is 245 g/mol. The van der Waals surface area contributed by atoms with Gasteiger partial charge in [-0.1, -0.05) is 17.3 Å². The third-order valence-corrected chi connectivity index (χ3v) is 3.20. The molecule has 94 valence electrons. The van der Waals surface area contributed by atoms with Gasteiger partial charge in [-0.3, -0.25) is 0 Å². The van der Waals surface area contributed by atoms with E-state index in [4.69, 9.17) is 15.0 Å². The first-order valence-corrected chi connectivity index (χ1v) is 6.02. The second-order valence-electron chi connectivity index (χ2n) is 4.52. The summed E-state index contributed by atoms with van der Waals surface area (Å²) in [5.41, 5.74) is 6.85. The highest BCUT2D eigenvalue weighted by atomic mass is 16.5. The summed E-state index contributed by atoms with van der Waals surface area (Å²) in [5.74, 6) is 2.26. The molecule has 18 heavy (non-hydrogen) atoms. The third-order valence-electron chi connectivity index (χ3n) is 3.20. The lowest BCUT2D eigenvalue weighted by atomic mass is 10.2. The molecule has 0 aliphatic heterocycles. The standard InChI is InChI=1S/C13H15N3O2/c1-17-10-5-3-2-4-9(10)12-15-13(18-16-12)11(14)8-6-7-8/h2-5,8,11H,6-7,14H2,1H3. The van der Waals surface area contributed by atoms with Crippen LogP contribution in [0.2, 0.25) is 0 Å². The van der Waals surface area contributed by atoms with Crippen LogP contribution in [0, 0.1) is 5.92 Å². The van der Waals surface area contributed by atoms with E-state index in [-0.39, 0.29) is 6.04 Å². The minimum absolute atomic E-state index is 0.138. The molecule has 1 unspecified atom stereocenters. The summed E-state index contributed by atoms with van der Waals surface area (Å²) in [6.45, 7) is 0. The van der Waals surface area contributed by atoms with E-state index >= 15 is 0 Å². The zero-order chi connectivity index (χ0) is 12.5. The number of benzene rings is 1. The summed E-state index contributed by atoms with van der Waals surface area (Å²) in [6.07, 6.45) is 2.29. The van der Waals surface area contributed by atoms with Gasteiger partial charge in [-0.2, -0.15) is 4.98 Å². The Morgan fingerprint density at radius 2 is 2.17 bits per heavy atom. The summed E-state index contributed by atoms with van der Waals surface area (Å²) in [5, 5.41) is 3.98. The molecule has 0 radical (unpaired) electrons. The van der Waals surface area contributed by atoms with Crippen molar-refractivity contribution >= 4 is 0 Å². The molecule has 1 atom stereocenters. The van der Waals surface area contributed by atoms with Crippen molar-refractivity contribution in [1.29, 1.82) is 0 Å². The lowest BCUT2D eigenvalue weighted by molar-refractivity contribution is 0.343. The molecular formula is C13H15N3O2. The molecule has 1 aromatic carbocycles. The molecule has 5 heteroatoms. The molecule has 1 aliphatic carbocycles. The fraction of sp³-hybridized carbons (Fsp3) is 0.385. The van der Waals surface area contributed by atoms with E-state index in [0.717, 1.165) is 24.2 Å². The van der Waals surface area contributed by atoms with Gasteiger partial charge in [0.2, 0.25) is 11.7 Å². The van der Waals surface area contributed by atoms with Gasteiger partial charge in [-0.05, 0) is 30.9 Å². The maximum Gasteiger partial charge on any atom is 0.244 e. The van der Waals surface area contributed by atoms with Gasteiger partial charge in [-0.15, -0.1) is 0 Å². The average Bonchev–Trinajstić information content (AvgIpc) is 3.15. The quantitative estimate of drug-likeness (QED) is 0.893. The first kappa shape index (κ1) is 11.2. The predicted octanol–water partition coefficient (Wildman–Crippen LogP) is 2.15. The number of para-hydroxylation sites is 1. The van der Waals surface area contributed by atoms with Crippen molar-refractivity contribution in [1.82, 2.24) is 10.1 Å². The largest absolute Gasteiger partial charge is 0.496 e. The molecule has 1 fully saturated rings. The number of ether oxygens (including phenoxy) is 1. The van der Waals surface area contributed by atoms with Crippen molar-refractivity contribution in [2.24, 2.45) is 11.7 Å². The predicted molar refractivity (Wildman–Crippen MR) is 65.9 cm³/mol. The molecule has 2 N–H and O–H groups in total. The summed E-state index contributed by atoms with van der Waals surface area (Å²) in [6, 6.07) is 7.44. The number of aromatic nitrogens is 2. The molecule has 0 saturated heterocycles. The zero-order valence-electron chi connectivity index (χ0n) is 10.2. The van der Waals surface area contributed by atoms with E-state index in [9.17, 15) is 0 Å². The number of nitrogens with two attached hydrogens (primary N) is 1. The molecule has 0 amide bonds. The maximum atomic E-state index is 6.03. The van der Waals surface area contributed by atoms with E-state index in [2.05, 4.69) is 10.1 Å². The van der Waals surface area contributed by atoms with Crippen LogP contribution in [0.15, 0.2) is 28.8 Å². The van der Waals surface area contributed by atoms with Gasteiger partial charge in [-0.25, -0.2) is 0 Å². The Morgan fingerprint density at radius 1 is 1.39 bits per heavy atom. The lowest BCUT2D eigenvalue weighted by Crippen LogP contribution is -2.12. The van der Waals surface area contributed by atoms with Crippen LogP contribution >= 0.6 is 0 Å². The van der Waals surface area contributed by atoms with E-state index in [1.54, 1.807) is 7.11 Å². The Kier molecular flexibility index (Phi) is 2.76. The van der Waals surface area contributed by atoms with Crippen LogP contribution in [0.1, 0.15) is 24.8 Å². The third kappa shape index (κ3) is 1.97. The minimum Gasteiger partial charge on any atom is -0.496 e. The van der Waals surface area contributed by atoms with Crippen LogP contribution in [0.4, 0.5) is 0 Å². The van der Waals surface area contributed by atoms with Crippen LogP contribution in [-0.4, -0.2) is 17.3 Å². The van der Waals surface area contributed by atoms with Gasteiger partial charge in [0, 0.05) is 0 Å². The molecule has 2 aromatic rings. The van der Waals surface area contributed by atoms with Gasteiger partial charge in [0.25, 0.3) is 0 Å². The molecule has 1 aliphatic rings. The number of hydrogen-bond acceptors (Lipinski definition) is 5. The van der Waals surface area contributed by atoms with Crippen LogP contribution in [0.5, 0.6) is 5.75 Å². The number of hydrogen-bond donors (Lipinski definition) is 1. The van der Waals surface area contributed by atoms with E-state index in [1.165, 1.54) is 0 Å². The first-order valence-electron chi connectivity index (χ1n) is 6.02. The van der Waals surface area contributed by atoms with Crippen LogP contribution in [-0.2, 0) is 0 Å². The summed E-state index contributed by atoms with van der Waals surface area (Å²) in [4.78, 5) is 4.37. The Bertz CT molecular complexity index is 549. The molecule has 1 aromatic heterocycles. The SMILES string of the molecule is COc1ccccc1-c1noc(C(N)C2CC2)n1. The van der Waals surface area contributed by atoms with Crippen molar-refractivity contribution in [3.63, 3.8) is 0 Å². The van der Waals surface area contributed by atoms with Gasteiger partial charge < -0.3 is 15.0 Å². The summed E-state index contributed by atoms with van der Waals surface area (Å²) in [7, 11) is 1.62. The Balaban J connectivity index is 1.92. The Hall–Kier alpha value is -1.88. The number of rotatable bonds is 4. The molecular weight excluding hydrogens is 230 g/mol. The fourth-order valence-corrected chi connectivity index (χ4v) is 1.97. The molecule has 1 heterocycles. The topological polar surface area (TPSA) is 74.2 Å². The molecule has 5 nitrogen and oxygen atoms in total. The van der Waals surface area contributed by atoms with E-state index in [0.29, 0.717) is 17.6 Å². The van der Waals surface area contributed by atoms with Crippen LogP contribution in [0.3, 0.4) is 0 Å². The maximum absolute atomic E-state index is 6.03. The highest BCUT2D eigenvalue weighted by Gasteiger charge is 2.33. The smallest absolute Gasteiger partial charge is 0.244 e. The summed E-state index contributed by atoms with van der Waals surface area (Å²) < 4.78 is 10.5. The second-order valence-corrected chi connectivity index (χ2v) is 4.52. The van der Waals surface area contributed by atoms with Gasteiger partial charge in [0.1, 0.15) is 5.75 Å². The van der Waals surface area contributed by atoms with E-state index < -0.39 is 0 Å². The second kappa shape index (κ2) is 4.42. The van der Waals surface area contributed by atoms with Gasteiger partial charge in [0.15, 0.2) is 0 Å². The van der Waals surface area contributed by atoms with Crippen molar-refractivity contribution in [2.75, 3.05) is 7.11 Å². The van der Waals surface area contributed by atoms with Crippen LogP contribution in [0.25, 0.3) is 11.4 Å². The van der Waals surface area contributed by atoms with Gasteiger partial charge in [0.05, 0.1) is 18.7 Å². The fourth-order valence-electron chi connectivity index (χ4n) is 1.97. The Labute approximate surface area is 105 Å². The lowest BCUT2D eigenvalue weighted by Gasteiger charge is -2.03. The van der Waals surface area contributed by atoms with Crippen molar-refractivity contribution < 1.29 is 9.26 Å². The zero-order valence-corrected chi connectivity index (χ0v) is 10.2. The molecule has 0 spiro atoms. The normalized spacial score (nSPS) is 16.6. The van der Waals surface area contributed by atoms with Crippen molar-refractivity contribution in [3.8, 4) is 17.1 Å². The van der Waals surface area contributed by atoms with Crippen molar-refractivity contribution in [3.05, 3.63) is 30.2 Å². The van der Waals surface area contributed by atoms with Crippen molar-refractivity contribution in [2.45, 2.75) is 18.9 Å². The monoisotopic (exact) mass is 245 g/mol. The highest BCUT2D eigenvalue weighted by molar-refractivity contribution is 5.63. The highest BCUT2D eigenvalue weighted by Crippen LogP contribution is 2.39. The van der Waals surface area contributed by atoms with Crippen LogP contribution < -0.4 is 10.5 Å². The molecule has 1 saturated carbocycles. The number of nitrogens with zero attached hydrogens (tertiary/aromatic N) is 2. The first-order chi connectivity index (χ1) is 8.79. The summed E-state index contributed by atoms with van der Waals surface area (Å²) >= 11 is 0. The Morgan fingerprint density at radius 3 is 2.89 bits per heavy atom. The minimum atomic E-state index is -0.138. The number of methoxy groups -OCH3 is 1. The molecule has 3 rings (SSSR count). The van der Waals surface area contributed by atoms with E-state index in [1.807, 2.05) is 24.3 Å². The van der Waals surface area contributed by atoms with Gasteiger partial charge >= 0.3 is 0 Å².